The van der Waals surface area contributed by atoms with Crippen LogP contribution in [0.2, 0.25) is 10.0 Å². The van der Waals surface area contributed by atoms with E-state index in [4.69, 9.17) is 23.2 Å². The number of carbonyl (C=O) groups is 2. The molecular weight excluding hydrogens is 333 g/mol. The molecular formula is C18H21Cl2NO2. The Balaban J connectivity index is 2.00. The number of rotatable bonds is 1. The van der Waals surface area contributed by atoms with Crippen molar-refractivity contribution in [3.63, 3.8) is 0 Å². The first-order valence-corrected chi connectivity index (χ1v) is 8.71. The minimum absolute atomic E-state index is 0.0651. The van der Waals surface area contributed by atoms with Crippen molar-refractivity contribution >= 4 is 40.7 Å². The average molecular weight is 354 g/mol. The number of hydrogen-bond donors (Lipinski definition) is 0. The molecule has 1 aliphatic carbocycles. The smallest absolute Gasteiger partial charge is 0.240 e. The van der Waals surface area contributed by atoms with Crippen molar-refractivity contribution in [3.05, 3.63) is 28.2 Å². The molecule has 1 saturated carbocycles. The van der Waals surface area contributed by atoms with Gasteiger partial charge in [-0.3, -0.25) is 9.59 Å². The van der Waals surface area contributed by atoms with Crippen LogP contribution < -0.4 is 4.90 Å². The van der Waals surface area contributed by atoms with Crippen LogP contribution in [0.4, 0.5) is 5.69 Å². The van der Waals surface area contributed by atoms with Crippen LogP contribution in [-0.4, -0.2) is 11.8 Å². The number of halogens is 2. The van der Waals surface area contributed by atoms with Gasteiger partial charge in [-0.05, 0) is 48.8 Å². The maximum absolute atomic E-state index is 13.2. The zero-order valence-corrected chi connectivity index (χ0v) is 15.2. The summed E-state index contributed by atoms with van der Waals surface area (Å²) in [6.07, 6.45) is 2.88. The Hall–Kier alpha value is -1.06. The second-order valence-electron chi connectivity index (χ2n) is 7.97. The van der Waals surface area contributed by atoms with E-state index in [0.717, 1.165) is 19.3 Å². The molecule has 0 aromatic heterocycles. The summed E-state index contributed by atoms with van der Waals surface area (Å²) in [5, 5.41) is 0.845. The molecule has 1 heterocycles. The topological polar surface area (TPSA) is 37.4 Å². The van der Waals surface area contributed by atoms with Crippen LogP contribution in [-0.2, 0) is 9.59 Å². The van der Waals surface area contributed by atoms with Crippen molar-refractivity contribution in [2.75, 3.05) is 4.90 Å². The molecule has 124 valence electrons. The third kappa shape index (κ3) is 3.01. The van der Waals surface area contributed by atoms with E-state index in [9.17, 15) is 9.59 Å². The molecule has 1 aromatic rings. The van der Waals surface area contributed by atoms with Gasteiger partial charge >= 0.3 is 0 Å². The lowest BCUT2D eigenvalue weighted by Gasteiger charge is -2.44. The number of hydrogen-bond acceptors (Lipinski definition) is 2. The normalized spacial score (nSPS) is 30.3. The highest BCUT2D eigenvalue weighted by Gasteiger charge is 2.56. The van der Waals surface area contributed by atoms with Crippen LogP contribution in [0, 0.1) is 16.7 Å². The first-order chi connectivity index (χ1) is 10.6. The molecule has 1 saturated heterocycles. The van der Waals surface area contributed by atoms with E-state index in [1.807, 2.05) is 0 Å². The summed E-state index contributed by atoms with van der Waals surface area (Å²) >= 11 is 12.1. The Morgan fingerprint density at radius 2 is 1.70 bits per heavy atom. The van der Waals surface area contributed by atoms with Gasteiger partial charge in [0.25, 0.3) is 0 Å². The summed E-state index contributed by atoms with van der Waals surface area (Å²) in [6.45, 7) is 6.53. The fraction of sp³-hybridized carbons (Fsp3) is 0.556. The van der Waals surface area contributed by atoms with E-state index >= 15 is 0 Å². The zero-order valence-electron chi connectivity index (χ0n) is 13.7. The van der Waals surface area contributed by atoms with E-state index in [2.05, 4.69) is 20.8 Å². The minimum Gasteiger partial charge on any atom is -0.274 e. The second kappa shape index (κ2) is 5.49. The molecule has 1 aromatic carbocycles. The minimum atomic E-state index is -0.576. The van der Waals surface area contributed by atoms with Crippen molar-refractivity contribution in [1.29, 1.82) is 0 Å². The van der Waals surface area contributed by atoms with Gasteiger partial charge in [0.2, 0.25) is 11.8 Å². The molecule has 1 aliphatic heterocycles. The maximum atomic E-state index is 13.2. The molecule has 3 nitrogen and oxygen atoms in total. The lowest BCUT2D eigenvalue weighted by Crippen LogP contribution is -2.43. The molecule has 3 rings (SSSR count). The molecule has 0 unspecified atom stereocenters. The summed E-state index contributed by atoms with van der Waals surface area (Å²) in [4.78, 5) is 27.1. The second-order valence-corrected chi connectivity index (χ2v) is 8.85. The molecule has 23 heavy (non-hydrogen) atoms. The number of carbonyl (C=O) groups excluding carboxylic acids is 2. The van der Waals surface area contributed by atoms with Gasteiger partial charge in [-0.1, -0.05) is 44.0 Å². The Kier molecular flexibility index (Phi) is 4.01. The van der Waals surface area contributed by atoms with Crippen molar-refractivity contribution in [2.45, 2.75) is 46.5 Å². The predicted molar refractivity (Wildman–Crippen MR) is 92.8 cm³/mol. The Bertz CT molecular complexity index is 665. The van der Waals surface area contributed by atoms with Crippen molar-refractivity contribution in [3.8, 4) is 0 Å². The van der Waals surface area contributed by atoms with Crippen LogP contribution in [0.1, 0.15) is 46.5 Å². The molecule has 0 N–H and O–H groups in total. The number of nitrogens with zero attached hydrogens (tertiary/aromatic N) is 1. The highest BCUT2D eigenvalue weighted by molar-refractivity contribution is 6.35. The third-order valence-electron chi connectivity index (χ3n) is 4.96. The van der Waals surface area contributed by atoms with E-state index in [1.54, 1.807) is 18.2 Å². The van der Waals surface area contributed by atoms with Crippen LogP contribution in [0.25, 0.3) is 0 Å². The third-order valence-corrected chi connectivity index (χ3v) is 5.39. The molecule has 1 spiro atoms. The van der Waals surface area contributed by atoms with E-state index in [0.29, 0.717) is 21.7 Å². The van der Waals surface area contributed by atoms with Gasteiger partial charge in [-0.15, -0.1) is 0 Å². The summed E-state index contributed by atoms with van der Waals surface area (Å²) in [5.41, 5.74) is -0.0340. The number of anilines is 1. The Morgan fingerprint density at radius 3 is 2.26 bits per heavy atom. The highest BCUT2D eigenvalue weighted by Crippen LogP contribution is 2.54. The zero-order chi connectivity index (χ0) is 17.0. The quantitative estimate of drug-likeness (QED) is 0.659. The van der Waals surface area contributed by atoms with Gasteiger partial charge in [-0.2, -0.15) is 0 Å². The molecule has 5 heteroatoms. The van der Waals surface area contributed by atoms with E-state index in [-0.39, 0.29) is 23.7 Å². The van der Waals surface area contributed by atoms with Crippen LogP contribution in [0.5, 0.6) is 0 Å². The molecule has 2 fully saturated rings. The van der Waals surface area contributed by atoms with Crippen LogP contribution in [0.15, 0.2) is 18.2 Å². The first kappa shape index (κ1) is 16.8. The van der Waals surface area contributed by atoms with E-state index < -0.39 is 5.41 Å². The van der Waals surface area contributed by atoms with E-state index in [1.165, 1.54) is 4.90 Å². The highest BCUT2D eigenvalue weighted by atomic mass is 35.5. The number of imide groups is 1. The SMILES string of the molecule is C[C@@H]1CC(C)(C)C[C@]2(CC(=O)N(c3cc(Cl)cc(Cl)c3)C2=O)C1. The van der Waals surface area contributed by atoms with Crippen molar-refractivity contribution in [1.82, 2.24) is 0 Å². The summed E-state index contributed by atoms with van der Waals surface area (Å²) < 4.78 is 0. The van der Waals surface area contributed by atoms with Gasteiger partial charge in [0, 0.05) is 16.5 Å². The lowest BCUT2D eigenvalue weighted by molar-refractivity contribution is -0.130. The maximum Gasteiger partial charge on any atom is 0.240 e. The summed E-state index contributed by atoms with van der Waals surface area (Å²) in [6, 6.07) is 4.85. The molecule has 0 bridgehead atoms. The fourth-order valence-corrected chi connectivity index (χ4v) is 5.28. The molecule has 2 amide bonds. The Morgan fingerprint density at radius 1 is 1.09 bits per heavy atom. The summed E-state index contributed by atoms with van der Waals surface area (Å²) in [7, 11) is 0. The molecule has 2 atom stereocenters. The van der Waals surface area contributed by atoms with Gasteiger partial charge in [0.1, 0.15) is 0 Å². The lowest BCUT2D eigenvalue weighted by atomic mass is 9.59. The standard InChI is InChI=1S/C18H21Cl2NO2/c1-11-7-17(2,3)10-18(8-11)9-15(22)21(16(18)23)14-5-12(19)4-13(20)6-14/h4-6,11H,7-10H2,1-3H3/t11-,18-/m1/s1. The van der Waals surface area contributed by atoms with Crippen molar-refractivity contribution in [2.24, 2.45) is 16.7 Å². The average Bonchev–Trinajstić information content (AvgIpc) is 2.55. The van der Waals surface area contributed by atoms with Gasteiger partial charge in [0.05, 0.1) is 11.1 Å². The predicted octanol–water partition coefficient (Wildman–Crippen LogP) is 5.09. The number of benzene rings is 1. The van der Waals surface area contributed by atoms with Gasteiger partial charge < -0.3 is 0 Å². The van der Waals surface area contributed by atoms with Gasteiger partial charge in [0.15, 0.2) is 0 Å². The van der Waals surface area contributed by atoms with Crippen molar-refractivity contribution < 1.29 is 9.59 Å². The Labute approximate surface area is 146 Å². The fourth-order valence-electron chi connectivity index (χ4n) is 4.76. The van der Waals surface area contributed by atoms with Crippen LogP contribution in [0.3, 0.4) is 0 Å². The van der Waals surface area contributed by atoms with Gasteiger partial charge in [-0.25, -0.2) is 4.90 Å². The summed E-state index contributed by atoms with van der Waals surface area (Å²) in [5.74, 6) is 0.178. The molecule has 0 radical (unpaired) electrons. The largest absolute Gasteiger partial charge is 0.274 e. The first-order valence-electron chi connectivity index (χ1n) is 7.95. The monoisotopic (exact) mass is 353 g/mol. The number of amides is 2. The van der Waals surface area contributed by atoms with Crippen LogP contribution >= 0.6 is 23.2 Å². The molecule has 2 aliphatic rings.